The van der Waals surface area contributed by atoms with Crippen LogP contribution in [0.5, 0.6) is 0 Å². The number of thiophene rings is 1. The van der Waals surface area contributed by atoms with Crippen LogP contribution in [-0.2, 0) is 0 Å². The molecule has 4 rings (SSSR count). The molecule has 0 radical (unpaired) electrons. The van der Waals surface area contributed by atoms with Crippen molar-refractivity contribution < 1.29 is 0 Å². The first kappa shape index (κ1) is 14.2. The maximum atomic E-state index is 7.75. The fourth-order valence-electron chi connectivity index (χ4n) is 2.95. The van der Waals surface area contributed by atoms with Gasteiger partial charge in [0.25, 0.3) is 6.04 Å². The van der Waals surface area contributed by atoms with Gasteiger partial charge in [-0.25, -0.2) is 11.6 Å². The first-order valence-corrected chi connectivity index (χ1v) is 8.32. The number of nitrogens with one attached hydrogen (secondary N) is 1. The molecule has 0 fully saturated rings. The number of hydrogen-bond acceptors (Lipinski definition) is 3. The first-order chi connectivity index (χ1) is 11.3. The summed E-state index contributed by atoms with van der Waals surface area (Å²) in [6.45, 7) is 7.75. The number of aromatic nitrogens is 2. The largest absolute Gasteiger partial charge is 0.306 e. The molecule has 0 aliphatic carbocycles. The summed E-state index contributed by atoms with van der Waals surface area (Å²) in [5.41, 5.74) is 2.62. The van der Waals surface area contributed by atoms with Crippen molar-refractivity contribution in [2.45, 2.75) is 12.0 Å². The number of nitrogens with zero attached hydrogens (tertiary/aromatic N) is 3. The number of benzene rings is 1. The summed E-state index contributed by atoms with van der Waals surface area (Å²) < 4.78 is 0. The van der Waals surface area contributed by atoms with E-state index in [0.29, 0.717) is 10.8 Å². The Kier molecular flexibility index (Phi) is 3.49. The minimum atomic E-state index is -0.418. The van der Waals surface area contributed by atoms with Crippen LogP contribution in [0.15, 0.2) is 53.0 Å². The maximum absolute atomic E-state index is 7.75. The van der Waals surface area contributed by atoms with Crippen LogP contribution >= 0.6 is 22.9 Å². The molecule has 4 nitrogen and oxygen atoms in total. The van der Waals surface area contributed by atoms with Crippen LogP contribution in [0.4, 0.5) is 5.82 Å². The molecule has 3 heterocycles. The molecule has 1 aromatic carbocycles. The number of aromatic amines is 1. The summed E-state index contributed by atoms with van der Waals surface area (Å²) in [4.78, 5) is 9.55. The summed E-state index contributed by atoms with van der Waals surface area (Å²) in [6.07, 6.45) is 1.75. The monoisotopic (exact) mass is 338 g/mol. The van der Waals surface area contributed by atoms with Gasteiger partial charge in [0, 0.05) is 10.6 Å². The minimum Gasteiger partial charge on any atom is -0.306 e. The second kappa shape index (κ2) is 5.65. The first-order valence-electron chi connectivity index (χ1n) is 7.06. The molecule has 0 spiro atoms. The summed E-state index contributed by atoms with van der Waals surface area (Å²) in [6, 6.07) is 11.2. The van der Waals surface area contributed by atoms with Crippen molar-refractivity contribution in [3.05, 3.63) is 80.4 Å². The van der Waals surface area contributed by atoms with E-state index in [4.69, 9.17) is 18.2 Å². The standard InChI is InChI=1S/C17H11ClN4S/c1-19-16-14(10-5-2-3-6-12(10)18)11-9-20-22-17(11)21-15(16)13-7-4-8-23-13/h2-9,14,16H,(H,20,22). The molecular weight excluding hydrogens is 328 g/mol. The summed E-state index contributed by atoms with van der Waals surface area (Å²) in [5.74, 6) is 0.530. The van der Waals surface area contributed by atoms with Crippen LogP contribution in [0.25, 0.3) is 4.85 Å². The van der Waals surface area contributed by atoms with Crippen molar-refractivity contribution in [2.24, 2.45) is 4.99 Å². The van der Waals surface area contributed by atoms with E-state index in [9.17, 15) is 0 Å². The van der Waals surface area contributed by atoms with Crippen LogP contribution in [0.3, 0.4) is 0 Å². The second-order valence-electron chi connectivity index (χ2n) is 5.22. The Bertz CT molecular complexity index is 920. The smallest absolute Gasteiger partial charge is 0.277 e. The van der Waals surface area contributed by atoms with E-state index in [0.717, 1.165) is 21.7 Å². The molecule has 3 aromatic rings. The lowest BCUT2D eigenvalue weighted by Gasteiger charge is -2.24. The highest BCUT2D eigenvalue weighted by molar-refractivity contribution is 7.12. The maximum Gasteiger partial charge on any atom is 0.277 e. The lowest BCUT2D eigenvalue weighted by Crippen LogP contribution is -2.29. The van der Waals surface area contributed by atoms with Gasteiger partial charge in [0.05, 0.1) is 17.0 Å². The predicted octanol–water partition coefficient (Wildman–Crippen LogP) is 4.68. The summed E-state index contributed by atoms with van der Waals surface area (Å²) in [7, 11) is 0. The Morgan fingerprint density at radius 3 is 2.78 bits per heavy atom. The van der Waals surface area contributed by atoms with Gasteiger partial charge in [-0.3, -0.25) is 5.10 Å². The highest BCUT2D eigenvalue weighted by Gasteiger charge is 2.42. The summed E-state index contributed by atoms with van der Waals surface area (Å²) >= 11 is 8.00. The zero-order valence-electron chi connectivity index (χ0n) is 11.9. The number of halogens is 1. The van der Waals surface area contributed by atoms with Crippen LogP contribution in [0.1, 0.15) is 21.9 Å². The molecular formula is C17H11ClN4S. The van der Waals surface area contributed by atoms with E-state index in [1.807, 2.05) is 41.8 Å². The molecule has 1 aliphatic heterocycles. The Morgan fingerprint density at radius 1 is 1.17 bits per heavy atom. The predicted molar refractivity (Wildman–Crippen MR) is 92.8 cm³/mol. The molecule has 0 amide bonds. The van der Waals surface area contributed by atoms with Gasteiger partial charge < -0.3 is 4.85 Å². The third kappa shape index (κ3) is 2.27. The third-order valence-electron chi connectivity index (χ3n) is 3.96. The topological polar surface area (TPSA) is 45.4 Å². The molecule has 112 valence electrons. The quantitative estimate of drug-likeness (QED) is 0.677. The number of fused-ring (bicyclic) bond motifs is 1. The third-order valence-corrected chi connectivity index (χ3v) is 5.20. The zero-order valence-corrected chi connectivity index (χ0v) is 13.5. The molecule has 0 saturated heterocycles. The fourth-order valence-corrected chi connectivity index (χ4v) is 3.95. The van der Waals surface area contributed by atoms with E-state index >= 15 is 0 Å². The van der Waals surface area contributed by atoms with Crippen LogP contribution < -0.4 is 0 Å². The lowest BCUT2D eigenvalue weighted by molar-refractivity contribution is 0.795. The number of hydrogen-bond donors (Lipinski definition) is 1. The van der Waals surface area contributed by atoms with Crippen molar-refractivity contribution in [1.82, 2.24) is 10.2 Å². The van der Waals surface area contributed by atoms with Crippen LogP contribution in [0.2, 0.25) is 5.02 Å². The second-order valence-corrected chi connectivity index (χ2v) is 6.58. The SMILES string of the molecule is [C-]#[N+]C1C(c2cccs2)=Nc2[nH]ncc2C1c1ccccc1Cl. The lowest BCUT2D eigenvalue weighted by atomic mass is 9.82. The van der Waals surface area contributed by atoms with Gasteiger partial charge in [-0.1, -0.05) is 35.9 Å². The van der Waals surface area contributed by atoms with Crippen LogP contribution in [0, 0.1) is 6.57 Å². The Morgan fingerprint density at radius 2 is 2.04 bits per heavy atom. The van der Waals surface area contributed by atoms with Crippen molar-refractivity contribution in [1.29, 1.82) is 0 Å². The molecule has 2 unspecified atom stereocenters. The Balaban J connectivity index is 1.94. The van der Waals surface area contributed by atoms with Crippen molar-refractivity contribution in [3.8, 4) is 0 Å². The van der Waals surface area contributed by atoms with Gasteiger partial charge >= 0.3 is 0 Å². The number of rotatable bonds is 2. The van der Waals surface area contributed by atoms with Gasteiger partial charge in [-0.15, -0.1) is 11.3 Å². The average molecular weight is 339 g/mol. The summed E-state index contributed by atoms with van der Waals surface area (Å²) in [5, 5.41) is 9.70. The molecule has 1 N–H and O–H groups in total. The minimum absolute atomic E-state index is 0.176. The average Bonchev–Trinajstić information content (AvgIpc) is 3.25. The van der Waals surface area contributed by atoms with Crippen molar-refractivity contribution in [2.75, 3.05) is 0 Å². The highest BCUT2D eigenvalue weighted by atomic mass is 35.5. The highest BCUT2D eigenvalue weighted by Crippen LogP contribution is 2.43. The van der Waals surface area contributed by atoms with E-state index in [1.165, 1.54) is 0 Å². The molecule has 23 heavy (non-hydrogen) atoms. The zero-order chi connectivity index (χ0) is 15.8. The molecule has 2 atom stereocenters. The molecule has 0 saturated carbocycles. The molecule has 1 aliphatic rings. The van der Waals surface area contributed by atoms with Crippen LogP contribution in [-0.4, -0.2) is 22.0 Å². The van der Waals surface area contributed by atoms with Crippen molar-refractivity contribution >= 4 is 34.5 Å². The van der Waals surface area contributed by atoms with E-state index in [-0.39, 0.29) is 5.92 Å². The van der Waals surface area contributed by atoms with E-state index in [1.54, 1.807) is 17.5 Å². The molecule has 6 heteroatoms. The van der Waals surface area contributed by atoms with Gasteiger partial charge in [0.15, 0.2) is 5.82 Å². The number of aliphatic imine (C=N–C) groups is 1. The van der Waals surface area contributed by atoms with Crippen molar-refractivity contribution in [3.63, 3.8) is 0 Å². The van der Waals surface area contributed by atoms with Gasteiger partial charge in [0.2, 0.25) is 0 Å². The van der Waals surface area contributed by atoms with E-state index < -0.39 is 6.04 Å². The van der Waals surface area contributed by atoms with Gasteiger partial charge in [0.1, 0.15) is 5.71 Å². The van der Waals surface area contributed by atoms with E-state index in [2.05, 4.69) is 20.0 Å². The molecule has 2 aromatic heterocycles. The van der Waals surface area contributed by atoms with Gasteiger partial charge in [-0.05, 0) is 23.1 Å². The van der Waals surface area contributed by atoms with Gasteiger partial charge in [-0.2, -0.15) is 5.10 Å². The Hall–Kier alpha value is -2.42. The number of H-pyrrole nitrogens is 1. The normalized spacial score (nSPS) is 19.7. The Labute approximate surface area is 142 Å². The fraction of sp³-hybridized carbons (Fsp3) is 0.118. The molecule has 0 bridgehead atoms.